The van der Waals surface area contributed by atoms with E-state index in [1.165, 1.54) is 11.8 Å². The normalized spacial score (nSPS) is 18.3. The van der Waals surface area contributed by atoms with Gasteiger partial charge in [0.1, 0.15) is 30.2 Å². The van der Waals surface area contributed by atoms with E-state index in [-0.39, 0.29) is 31.7 Å². The fraction of sp³-hybridized carbons (Fsp3) is 0.696. The number of nitrogens with two attached hydrogens (primary N) is 4. The SMILES string of the molecule is C[C@@H](O)[C@H](N)C(=O)N[C@@H](CC(N)=O)C(=O)N[C@@H](CS)C(=O)N1CCC[C@H]1C(=O)N[C@@H](CCCN)C(=O)NCC(N)=O. The number of primary amides is 2. The second-order valence-corrected chi connectivity index (χ2v) is 9.97. The lowest BCUT2D eigenvalue weighted by Gasteiger charge is -2.30. The Hall–Kier alpha value is -3.48. The number of likely N-dealkylation sites (tertiary alicyclic amines) is 1. The van der Waals surface area contributed by atoms with Gasteiger partial charge in [0.25, 0.3) is 0 Å². The standard InChI is InChI=1S/C23H41N9O8S/c1-11(33)18(27)22(39)30-13(8-16(25)34)20(37)31-14(10-41)23(40)32-7-3-5-15(32)21(38)29-12(4-2-6-24)19(36)28-9-17(26)35/h11-15,18,33,41H,2-10,24,27H2,1H3,(H2,25,34)(H2,26,35)(H,28,36)(H,29,38)(H,30,39)(H,31,37)/t11-,12+,13+,14+,15+,18+/m1/s1. The third-order valence-corrected chi connectivity index (χ3v) is 6.63. The zero-order chi connectivity index (χ0) is 31.3. The highest BCUT2D eigenvalue weighted by Crippen LogP contribution is 2.19. The molecule has 0 spiro atoms. The van der Waals surface area contributed by atoms with Crippen LogP contribution in [0.5, 0.6) is 0 Å². The molecule has 1 rings (SSSR count). The van der Waals surface area contributed by atoms with Crippen LogP contribution in [0.1, 0.15) is 39.0 Å². The van der Waals surface area contributed by atoms with Crippen molar-refractivity contribution in [1.82, 2.24) is 26.2 Å². The van der Waals surface area contributed by atoms with Gasteiger partial charge in [-0.2, -0.15) is 12.6 Å². The molecule has 13 N–H and O–H groups in total. The molecule has 232 valence electrons. The fourth-order valence-electron chi connectivity index (χ4n) is 4.01. The minimum Gasteiger partial charge on any atom is -0.391 e. The third kappa shape index (κ3) is 11.5. The van der Waals surface area contributed by atoms with E-state index in [9.17, 15) is 38.7 Å². The summed E-state index contributed by atoms with van der Waals surface area (Å²) in [5.41, 5.74) is 21.4. The van der Waals surface area contributed by atoms with Crippen molar-refractivity contribution in [2.75, 3.05) is 25.4 Å². The quantitative estimate of drug-likeness (QED) is 0.0702. The van der Waals surface area contributed by atoms with Crippen LogP contribution in [0.4, 0.5) is 0 Å². The maximum atomic E-state index is 13.4. The maximum Gasteiger partial charge on any atom is 0.246 e. The largest absolute Gasteiger partial charge is 0.391 e. The number of amides is 7. The molecule has 0 aliphatic carbocycles. The first-order valence-electron chi connectivity index (χ1n) is 13.0. The van der Waals surface area contributed by atoms with Crippen molar-refractivity contribution in [3.63, 3.8) is 0 Å². The van der Waals surface area contributed by atoms with Crippen molar-refractivity contribution in [1.29, 1.82) is 0 Å². The average Bonchev–Trinajstić information content (AvgIpc) is 3.41. The van der Waals surface area contributed by atoms with Crippen molar-refractivity contribution in [3.05, 3.63) is 0 Å². The van der Waals surface area contributed by atoms with E-state index < -0.39 is 90.6 Å². The summed E-state index contributed by atoms with van der Waals surface area (Å²) in [5.74, 6) is -5.67. The topological polar surface area (TPSA) is 295 Å². The minimum absolute atomic E-state index is 0.170. The summed E-state index contributed by atoms with van der Waals surface area (Å²) in [6.07, 6.45) is -0.573. The highest BCUT2D eigenvalue weighted by atomic mass is 32.1. The molecule has 7 amide bonds. The molecule has 0 aromatic carbocycles. The van der Waals surface area contributed by atoms with Gasteiger partial charge in [-0.1, -0.05) is 0 Å². The fourth-order valence-corrected chi connectivity index (χ4v) is 4.26. The van der Waals surface area contributed by atoms with Crippen LogP contribution in [0, 0.1) is 0 Å². The summed E-state index contributed by atoms with van der Waals surface area (Å²) >= 11 is 4.13. The molecule has 17 nitrogen and oxygen atoms in total. The lowest BCUT2D eigenvalue weighted by Crippen LogP contribution is -2.60. The summed E-state index contributed by atoms with van der Waals surface area (Å²) in [6.45, 7) is 1.25. The number of hydrogen-bond acceptors (Lipinski definition) is 11. The number of thiol groups is 1. The summed E-state index contributed by atoms with van der Waals surface area (Å²) in [7, 11) is 0. The van der Waals surface area contributed by atoms with E-state index in [0.717, 1.165) is 0 Å². The first kappa shape index (κ1) is 35.5. The van der Waals surface area contributed by atoms with Crippen molar-refractivity contribution in [2.45, 2.75) is 75.3 Å². The minimum atomic E-state index is -1.50. The van der Waals surface area contributed by atoms with Crippen molar-refractivity contribution < 1.29 is 38.7 Å². The van der Waals surface area contributed by atoms with Gasteiger partial charge in [-0.05, 0) is 39.2 Å². The van der Waals surface area contributed by atoms with E-state index in [1.54, 1.807) is 0 Å². The first-order chi connectivity index (χ1) is 19.2. The molecule has 18 heteroatoms. The Bertz CT molecular complexity index is 983. The Morgan fingerprint density at radius 3 is 2.12 bits per heavy atom. The molecule has 0 aromatic rings. The van der Waals surface area contributed by atoms with Gasteiger partial charge in [0.2, 0.25) is 41.4 Å². The van der Waals surface area contributed by atoms with Crippen molar-refractivity contribution >= 4 is 54.0 Å². The molecule has 1 heterocycles. The Kier molecular flexibility index (Phi) is 15.1. The summed E-state index contributed by atoms with van der Waals surface area (Å²) in [5, 5.41) is 19.1. The van der Waals surface area contributed by atoms with Gasteiger partial charge in [0.05, 0.1) is 19.1 Å². The lowest BCUT2D eigenvalue weighted by atomic mass is 10.1. The molecular weight excluding hydrogens is 562 g/mol. The van der Waals surface area contributed by atoms with Crippen molar-refractivity contribution in [3.8, 4) is 0 Å². The molecule has 0 bridgehead atoms. The number of nitrogens with one attached hydrogen (secondary N) is 4. The summed E-state index contributed by atoms with van der Waals surface area (Å²) in [4.78, 5) is 87.9. The molecule has 1 aliphatic heterocycles. The van der Waals surface area contributed by atoms with Crippen LogP contribution < -0.4 is 44.2 Å². The zero-order valence-electron chi connectivity index (χ0n) is 22.8. The highest BCUT2D eigenvalue weighted by molar-refractivity contribution is 7.80. The molecule has 1 saturated heterocycles. The summed E-state index contributed by atoms with van der Waals surface area (Å²) < 4.78 is 0. The lowest BCUT2D eigenvalue weighted by molar-refractivity contribution is -0.142. The van der Waals surface area contributed by atoms with Crippen LogP contribution >= 0.6 is 12.6 Å². The average molecular weight is 604 g/mol. The van der Waals surface area contributed by atoms with E-state index >= 15 is 0 Å². The monoisotopic (exact) mass is 603 g/mol. The molecule has 0 unspecified atom stereocenters. The molecule has 6 atom stereocenters. The molecule has 1 fully saturated rings. The number of rotatable bonds is 17. The van der Waals surface area contributed by atoms with Gasteiger partial charge in [-0.3, -0.25) is 33.6 Å². The van der Waals surface area contributed by atoms with E-state index in [1.807, 2.05) is 0 Å². The van der Waals surface area contributed by atoms with E-state index in [4.69, 9.17) is 22.9 Å². The summed E-state index contributed by atoms with van der Waals surface area (Å²) in [6, 6.07) is -6.16. The van der Waals surface area contributed by atoms with Crippen molar-refractivity contribution in [2.24, 2.45) is 22.9 Å². The Labute approximate surface area is 242 Å². The van der Waals surface area contributed by atoms with Gasteiger partial charge < -0.3 is 54.2 Å². The number of aliphatic hydroxyl groups excluding tert-OH is 1. The zero-order valence-corrected chi connectivity index (χ0v) is 23.7. The number of aliphatic hydroxyl groups is 1. The number of carbonyl (C=O) groups is 7. The number of carbonyl (C=O) groups excluding carboxylic acids is 7. The van der Waals surface area contributed by atoms with Gasteiger partial charge in [0.15, 0.2) is 0 Å². The second-order valence-electron chi connectivity index (χ2n) is 9.61. The van der Waals surface area contributed by atoms with Crippen LogP contribution in [0.3, 0.4) is 0 Å². The predicted octanol–water partition coefficient (Wildman–Crippen LogP) is -5.71. The molecule has 0 radical (unpaired) electrons. The van der Waals surface area contributed by atoms with Crippen LogP contribution in [-0.4, -0.2) is 113 Å². The Morgan fingerprint density at radius 2 is 1.59 bits per heavy atom. The second kappa shape index (κ2) is 17.4. The molecule has 41 heavy (non-hydrogen) atoms. The molecule has 0 aromatic heterocycles. The smallest absolute Gasteiger partial charge is 0.246 e. The maximum absolute atomic E-state index is 13.4. The Morgan fingerprint density at radius 1 is 0.951 bits per heavy atom. The molecule has 1 aliphatic rings. The van der Waals surface area contributed by atoms with Gasteiger partial charge in [0, 0.05) is 12.3 Å². The van der Waals surface area contributed by atoms with Crippen LogP contribution in [0.2, 0.25) is 0 Å². The van der Waals surface area contributed by atoms with Crippen LogP contribution in [-0.2, 0) is 33.6 Å². The van der Waals surface area contributed by atoms with E-state index in [0.29, 0.717) is 12.8 Å². The third-order valence-electron chi connectivity index (χ3n) is 6.26. The number of nitrogens with zero attached hydrogens (tertiary/aromatic N) is 1. The van der Waals surface area contributed by atoms with Gasteiger partial charge in [-0.25, -0.2) is 0 Å². The van der Waals surface area contributed by atoms with Gasteiger partial charge in [-0.15, -0.1) is 0 Å². The van der Waals surface area contributed by atoms with Gasteiger partial charge >= 0.3 is 0 Å². The predicted molar refractivity (Wildman–Crippen MR) is 148 cm³/mol. The first-order valence-corrected chi connectivity index (χ1v) is 13.7. The van der Waals surface area contributed by atoms with E-state index in [2.05, 4.69) is 33.9 Å². The number of hydrogen-bond donors (Lipinski definition) is 10. The molecule has 0 saturated carbocycles. The highest BCUT2D eigenvalue weighted by Gasteiger charge is 2.39. The van der Waals surface area contributed by atoms with Crippen LogP contribution in [0.25, 0.3) is 0 Å². The Balaban J connectivity index is 3.00. The molecular formula is C23H41N9O8S. The van der Waals surface area contributed by atoms with Crippen LogP contribution in [0.15, 0.2) is 0 Å².